The number of carbonyl (C=O) groups excluding carboxylic acids is 2. The molecule has 1 aliphatic heterocycles. The molecule has 7 nitrogen and oxygen atoms in total. The predicted octanol–water partition coefficient (Wildman–Crippen LogP) is -0.344. The van der Waals surface area contributed by atoms with Crippen LogP contribution in [0.2, 0.25) is 0 Å². The van der Waals surface area contributed by atoms with Gasteiger partial charge in [0.15, 0.2) is 6.10 Å². The number of carbonyl (C=O) groups is 2. The van der Waals surface area contributed by atoms with E-state index in [4.69, 9.17) is 10.5 Å². The Morgan fingerprint density at radius 2 is 2.26 bits per heavy atom. The van der Waals surface area contributed by atoms with Gasteiger partial charge in [-0.2, -0.15) is 0 Å². The maximum absolute atomic E-state index is 11.6. The highest BCUT2D eigenvalue weighted by atomic mass is 16.5. The van der Waals surface area contributed by atoms with Crippen LogP contribution < -0.4 is 26.6 Å². The van der Waals surface area contributed by atoms with E-state index in [9.17, 15) is 9.59 Å². The Bertz CT molecular complexity index is 518. The van der Waals surface area contributed by atoms with Crippen LogP contribution in [0.3, 0.4) is 0 Å². The van der Waals surface area contributed by atoms with E-state index in [0.29, 0.717) is 17.0 Å². The maximum Gasteiger partial charge on any atom is 0.265 e. The number of nitrogens with one attached hydrogen (secondary N) is 3. The van der Waals surface area contributed by atoms with Crippen LogP contribution in [0.1, 0.15) is 18.5 Å². The highest BCUT2D eigenvalue weighted by Gasteiger charge is 2.25. The summed E-state index contributed by atoms with van der Waals surface area (Å²) in [5, 5.41) is 2.71. The third kappa shape index (κ3) is 2.67. The van der Waals surface area contributed by atoms with Crippen molar-refractivity contribution in [3.63, 3.8) is 0 Å². The van der Waals surface area contributed by atoms with E-state index in [1.165, 1.54) is 0 Å². The average Bonchev–Trinajstić information content (AvgIpc) is 2.39. The molecule has 7 heteroatoms. The molecule has 0 saturated heterocycles. The van der Waals surface area contributed by atoms with Gasteiger partial charge in [-0.1, -0.05) is 6.07 Å². The molecular formula is C12H16N4O3. The Morgan fingerprint density at radius 1 is 1.53 bits per heavy atom. The fraction of sp³-hybridized carbons (Fsp3) is 0.333. The first-order valence-electron chi connectivity index (χ1n) is 5.86. The summed E-state index contributed by atoms with van der Waals surface area (Å²) < 4.78 is 5.42. The number of fused-ring (bicyclic) bond motifs is 1. The smallest absolute Gasteiger partial charge is 0.265 e. The fourth-order valence-electron chi connectivity index (χ4n) is 1.77. The SMILES string of the molecule is CNNC(=O)C(N)c1ccc2c(c1)NC(=O)C(C)O2. The van der Waals surface area contributed by atoms with Crippen molar-refractivity contribution in [1.82, 2.24) is 10.9 Å². The molecule has 1 aromatic rings. The minimum Gasteiger partial charge on any atom is -0.479 e. The van der Waals surface area contributed by atoms with Crippen LogP contribution in [-0.4, -0.2) is 25.0 Å². The molecule has 0 spiro atoms. The van der Waals surface area contributed by atoms with E-state index in [2.05, 4.69) is 16.2 Å². The number of hydrogen-bond acceptors (Lipinski definition) is 5. The first-order valence-corrected chi connectivity index (χ1v) is 5.86. The lowest BCUT2D eigenvalue weighted by Crippen LogP contribution is -2.41. The lowest BCUT2D eigenvalue weighted by Gasteiger charge is -2.24. The van der Waals surface area contributed by atoms with Gasteiger partial charge in [0.25, 0.3) is 11.8 Å². The van der Waals surface area contributed by atoms with Crippen LogP contribution in [0, 0.1) is 0 Å². The predicted molar refractivity (Wildman–Crippen MR) is 69.3 cm³/mol. The van der Waals surface area contributed by atoms with Crippen LogP contribution in [0.15, 0.2) is 18.2 Å². The van der Waals surface area contributed by atoms with E-state index >= 15 is 0 Å². The molecule has 1 aromatic carbocycles. The molecule has 0 saturated carbocycles. The van der Waals surface area contributed by atoms with Crippen molar-refractivity contribution in [2.75, 3.05) is 12.4 Å². The summed E-state index contributed by atoms with van der Waals surface area (Å²) >= 11 is 0. The number of hydrazine groups is 1. The van der Waals surface area contributed by atoms with Crippen molar-refractivity contribution in [2.45, 2.75) is 19.1 Å². The van der Waals surface area contributed by atoms with Crippen molar-refractivity contribution < 1.29 is 14.3 Å². The maximum atomic E-state index is 11.6. The van der Waals surface area contributed by atoms with Gasteiger partial charge in [-0.3, -0.25) is 15.0 Å². The summed E-state index contributed by atoms with van der Waals surface area (Å²) in [6.45, 7) is 1.66. The van der Waals surface area contributed by atoms with Gasteiger partial charge in [-0.25, -0.2) is 5.43 Å². The summed E-state index contributed by atoms with van der Waals surface area (Å²) in [7, 11) is 1.58. The van der Waals surface area contributed by atoms with Gasteiger partial charge in [0.2, 0.25) is 0 Å². The van der Waals surface area contributed by atoms with Crippen molar-refractivity contribution in [1.29, 1.82) is 0 Å². The Balaban J connectivity index is 2.24. The van der Waals surface area contributed by atoms with Crippen LogP contribution in [-0.2, 0) is 9.59 Å². The second-order valence-electron chi connectivity index (χ2n) is 4.22. The molecule has 5 N–H and O–H groups in total. The van der Waals surface area contributed by atoms with Gasteiger partial charge in [0.1, 0.15) is 11.8 Å². The lowest BCUT2D eigenvalue weighted by atomic mass is 10.1. The first-order chi connectivity index (χ1) is 9.02. The van der Waals surface area contributed by atoms with Crippen molar-refractivity contribution in [3.8, 4) is 5.75 Å². The quantitative estimate of drug-likeness (QED) is 0.559. The van der Waals surface area contributed by atoms with Gasteiger partial charge in [-0.05, 0) is 24.6 Å². The minimum atomic E-state index is -0.825. The topological polar surface area (TPSA) is 105 Å². The number of hydrogen-bond donors (Lipinski definition) is 4. The Hall–Kier alpha value is -2.12. The largest absolute Gasteiger partial charge is 0.479 e. The summed E-state index contributed by atoms with van der Waals surface area (Å²) in [5.41, 5.74) is 11.9. The third-order valence-corrected chi connectivity index (χ3v) is 2.82. The molecule has 0 fully saturated rings. The Labute approximate surface area is 110 Å². The van der Waals surface area contributed by atoms with Crippen LogP contribution in [0.5, 0.6) is 5.75 Å². The molecule has 19 heavy (non-hydrogen) atoms. The molecule has 1 heterocycles. The van der Waals surface area contributed by atoms with Crippen molar-refractivity contribution in [3.05, 3.63) is 23.8 Å². The zero-order chi connectivity index (χ0) is 14.0. The molecule has 2 rings (SSSR count). The molecule has 0 aromatic heterocycles. The van der Waals surface area contributed by atoms with Crippen molar-refractivity contribution in [2.24, 2.45) is 5.73 Å². The van der Waals surface area contributed by atoms with Crippen LogP contribution in [0.25, 0.3) is 0 Å². The van der Waals surface area contributed by atoms with Crippen molar-refractivity contribution >= 4 is 17.5 Å². The second kappa shape index (κ2) is 5.25. The van der Waals surface area contributed by atoms with Crippen LogP contribution in [0.4, 0.5) is 5.69 Å². The minimum absolute atomic E-state index is 0.224. The van der Waals surface area contributed by atoms with Gasteiger partial charge in [0, 0.05) is 7.05 Å². The fourth-order valence-corrected chi connectivity index (χ4v) is 1.77. The van der Waals surface area contributed by atoms with Crippen LogP contribution >= 0.6 is 0 Å². The summed E-state index contributed by atoms with van der Waals surface area (Å²) in [6, 6.07) is 4.20. The van der Waals surface area contributed by atoms with E-state index < -0.39 is 12.1 Å². The van der Waals surface area contributed by atoms with E-state index in [-0.39, 0.29) is 11.8 Å². The number of ether oxygens (including phenoxy) is 1. The molecule has 1 aliphatic rings. The molecule has 102 valence electrons. The highest BCUT2D eigenvalue weighted by molar-refractivity contribution is 5.97. The van der Waals surface area contributed by atoms with Gasteiger partial charge >= 0.3 is 0 Å². The first kappa shape index (κ1) is 13.3. The standard InChI is InChI=1S/C12H16N4O3/c1-6-11(17)15-8-5-7(3-4-9(8)19-6)10(13)12(18)16-14-2/h3-6,10,14H,13H2,1-2H3,(H,15,17)(H,16,18). The molecule has 0 radical (unpaired) electrons. The Kier molecular flexibility index (Phi) is 3.68. The number of anilines is 1. The normalized spacial score (nSPS) is 18.9. The number of rotatable bonds is 3. The molecular weight excluding hydrogens is 248 g/mol. The number of benzene rings is 1. The number of nitrogens with two attached hydrogens (primary N) is 1. The number of amides is 2. The monoisotopic (exact) mass is 264 g/mol. The average molecular weight is 264 g/mol. The summed E-state index contributed by atoms with van der Waals surface area (Å²) in [6.07, 6.45) is -0.528. The molecule has 0 aliphatic carbocycles. The van der Waals surface area contributed by atoms with Gasteiger partial charge < -0.3 is 15.8 Å². The van der Waals surface area contributed by atoms with E-state index in [1.54, 1.807) is 32.2 Å². The Morgan fingerprint density at radius 3 is 2.95 bits per heavy atom. The summed E-state index contributed by atoms with van der Waals surface area (Å²) in [4.78, 5) is 23.1. The third-order valence-electron chi connectivity index (χ3n) is 2.82. The van der Waals surface area contributed by atoms with Gasteiger partial charge in [-0.15, -0.1) is 0 Å². The zero-order valence-corrected chi connectivity index (χ0v) is 10.7. The molecule has 2 amide bonds. The second-order valence-corrected chi connectivity index (χ2v) is 4.22. The highest BCUT2D eigenvalue weighted by Crippen LogP contribution is 2.31. The van der Waals surface area contributed by atoms with Gasteiger partial charge in [0.05, 0.1) is 5.69 Å². The molecule has 0 bridgehead atoms. The summed E-state index contributed by atoms with van der Waals surface area (Å²) in [5.74, 6) is -0.0196. The lowest BCUT2D eigenvalue weighted by molar-refractivity contribution is -0.123. The molecule has 2 atom stereocenters. The molecule has 2 unspecified atom stereocenters. The van der Waals surface area contributed by atoms with E-state index in [1.807, 2.05) is 0 Å². The van der Waals surface area contributed by atoms with E-state index in [0.717, 1.165) is 0 Å². The zero-order valence-electron chi connectivity index (χ0n) is 10.7.